The molecule has 3 rings (SSSR count). The SMILES string of the molecule is N=C(N)Nc1ccc2c(c1)OCCOc1c(CCC(=O)NC(CC(=O)O)C(=O)O)cccc1OC2=O. The van der Waals surface area contributed by atoms with Crippen molar-refractivity contribution in [3.63, 3.8) is 0 Å². The van der Waals surface area contributed by atoms with E-state index in [0.29, 0.717) is 11.3 Å². The molecule has 36 heavy (non-hydrogen) atoms. The van der Waals surface area contributed by atoms with E-state index in [0.717, 1.165) is 0 Å². The Labute approximate surface area is 204 Å². The number of fused-ring (bicyclic) bond motifs is 2. The minimum Gasteiger partial charge on any atom is -0.489 e. The second-order valence-electron chi connectivity index (χ2n) is 7.64. The number of amides is 1. The first-order chi connectivity index (χ1) is 17.1. The Kier molecular flexibility index (Phi) is 8.28. The summed E-state index contributed by atoms with van der Waals surface area (Å²) in [5, 5.41) is 30.0. The van der Waals surface area contributed by atoms with Gasteiger partial charge in [0.2, 0.25) is 5.91 Å². The maximum atomic E-state index is 12.9. The van der Waals surface area contributed by atoms with Gasteiger partial charge in [0.1, 0.15) is 30.6 Å². The van der Waals surface area contributed by atoms with E-state index in [1.54, 1.807) is 12.1 Å². The normalized spacial score (nSPS) is 13.4. The van der Waals surface area contributed by atoms with Crippen molar-refractivity contribution >= 4 is 35.5 Å². The highest BCUT2D eigenvalue weighted by molar-refractivity contribution is 5.96. The third-order valence-electron chi connectivity index (χ3n) is 4.96. The molecule has 0 radical (unpaired) electrons. The van der Waals surface area contributed by atoms with Crippen molar-refractivity contribution in [3.05, 3.63) is 47.5 Å². The van der Waals surface area contributed by atoms with Crippen LogP contribution in [0, 0.1) is 5.41 Å². The van der Waals surface area contributed by atoms with Crippen molar-refractivity contribution < 1.29 is 43.6 Å². The minimum absolute atomic E-state index is 0.0630. The van der Waals surface area contributed by atoms with Gasteiger partial charge >= 0.3 is 17.9 Å². The average Bonchev–Trinajstić information content (AvgIpc) is 2.80. The Balaban J connectivity index is 1.76. The zero-order chi connectivity index (χ0) is 26.2. The highest BCUT2D eigenvalue weighted by Gasteiger charge is 2.24. The zero-order valence-corrected chi connectivity index (χ0v) is 18.9. The third-order valence-corrected chi connectivity index (χ3v) is 4.96. The van der Waals surface area contributed by atoms with E-state index >= 15 is 0 Å². The third kappa shape index (κ3) is 6.85. The van der Waals surface area contributed by atoms with Gasteiger partial charge in [-0.05, 0) is 30.2 Å². The van der Waals surface area contributed by atoms with Crippen LogP contribution in [0.3, 0.4) is 0 Å². The lowest BCUT2D eigenvalue weighted by Crippen LogP contribution is -2.42. The number of benzene rings is 2. The van der Waals surface area contributed by atoms with Crippen LogP contribution in [0.5, 0.6) is 17.2 Å². The first-order valence-electron chi connectivity index (χ1n) is 10.7. The van der Waals surface area contributed by atoms with E-state index in [1.165, 1.54) is 24.3 Å². The molecule has 1 heterocycles. The predicted molar refractivity (Wildman–Crippen MR) is 125 cm³/mol. The second kappa shape index (κ2) is 11.6. The topological polar surface area (TPSA) is 210 Å². The maximum absolute atomic E-state index is 12.9. The van der Waals surface area contributed by atoms with Crippen LogP contribution in [0.4, 0.5) is 5.69 Å². The van der Waals surface area contributed by atoms with Gasteiger partial charge in [-0.1, -0.05) is 12.1 Å². The van der Waals surface area contributed by atoms with Gasteiger partial charge in [-0.25, -0.2) is 9.59 Å². The summed E-state index contributed by atoms with van der Waals surface area (Å²) < 4.78 is 17.0. The van der Waals surface area contributed by atoms with Crippen molar-refractivity contribution in [3.8, 4) is 17.2 Å². The number of esters is 1. The molecule has 1 unspecified atom stereocenters. The fourth-order valence-electron chi connectivity index (χ4n) is 3.39. The molecular weight excluding hydrogens is 476 g/mol. The van der Waals surface area contributed by atoms with Gasteiger partial charge < -0.3 is 40.8 Å². The van der Waals surface area contributed by atoms with Crippen LogP contribution in [0.25, 0.3) is 0 Å². The number of nitrogens with two attached hydrogens (primary N) is 1. The molecule has 1 aliphatic rings. The van der Waals surface area contributed by atoms with Gasteiger partial charge in [-0.15, -0.1) is 0 Å². The summed E-state index contributed by atoms with van der Waals surface area (Å²) in [5.74, 6) is -3.93. The number of aryl methyl sites for hydroxylation is 1. The number of hydrogen-bond acceptors (Lipinski definition) is 8. The van der Waals surface area contributed by atoms with Crippen LogP contribution in [0.15, 0.2) is 36.4 Å². The highest BCUT2D eigenvalue weighted by atomic mass is 16.6. The Morgan fingerprint density at radius 1 is 1.08 bits per heavy atom. The molecule has 2 aromatic carbocycles. The number of anilines is 1. The number of para-hydroxylation sites is 1. The Bertz CT molecular complexity index is 1200. The van der Waals surface area contributed by atoms with E-state index in [2.05, 4.69) is 10.6 Å². The summed E-state index contributed by atoms with van der Waals surface area (Å²) in [4.78, 5) is 47.1. The number of aliphatic carboxylic acids is 2. The summed E-state index contributed by atoms with van der Waals surface area (Å²) in [7, 11) is 0. The molecular formula is C23H24N4O9. The molecule has 0 fully saturated rings. The summed E-state index contributed by atoms with van der Waals surface area (Å²) in [6.07, 6.45) is -0.819. The van der Waals surface area contributed by atoms with Gasteiger partial charge in [0.05, 0.1) is 6.42 Å². The van der Waals surface area contributed by atoms with Gasteiger partial charge in [-0.2, -0.15) is 0 Å². The maximum Gasteiger partial charge on any atom is 0.347 e. The summed E-state index contributed by atoms with van der Waals surface area (Å²) in [6, 6.07) is 7.75. The number of carboxylic acid groups (broad SMARTS) is 2. The molecule has 7 N–H and O–H groups in total. The number of guanidine groups is 1. The van der Waals surface area contributed by atoms with Crippen LogP contribution in [0.2, 0.25) is 0 Å². The lowest BCUT2D eigenvalue weighted by atomic mass is 10.1. The quantitative estimate of drug-likeness (QED) is 0.130. The van der Waals surface area contributed by atoms with Gasteiger partial charge in [0.25, 0.3) is 0 Å². The second-order valence-corrected chi connectivity index (χ2v) is 7.64. The molecule has 190 valence electrons. The highest BCUT2D eigenvalue weighted by Crippen LogP contribution is 2.35. The number of carbonyl (C=O) groups excluding carboxylic acids is 2. The van der Waals surface area contributed by atoms with Crippen LogP contribution in [-0.2, 0) is 20.8 Å². The molecule has 1 aliphatic heterocycles. The van der Waals surface area contributed by atoms with E-state index in [1.807, 2.05) is 0 Å². The fourth-order valence-corrected chi connectivity index (χ4v) is 3.39. The van der Waals surface area contributed by atoms with Crippen molar-refractivity contribution in [1.29, 1.82) is 5.41 Å². The van der Waals surface area contributed by atoms with Crippen LogP contribution < -0.4 is 30.6 Å². The summed E-state index contributed by atoms with van der Waals surface area (Å²) in [5.41, 5.74) is 6.44. The molecule has 0 bridgehead atoms. The molecule has 0 saturated carbocycles. The first kappa shape index (κ1) is 25.8. The Morgan fingerprint density at radius 3 is 2.53 bits per heavy atom. The Hall–Kier alpha value is -4.81. The molecule has 0 spiro atoms. The fraction of sp³-hybridized carbons (Fsp3) is 0.261. The molecule has 0 saturated heterocycles. The van der Waals surface area contributed by atoms with Gasteiger partial charge in [0, 0.05) is 18.2 Å². The molecule has 13 nitrogen and oxygen atoms in total. The van der Waals surface area contributed by atoms with E-state index in [9.17, 15) is 19.2 Å². The summed E-state index contributed by atoms with van der Waals surface area (Å²) >= 11 is 0. The number of carboxylic acids is 2. The smallest absolute Gasteiger partial charge is 0.347 e. The average molecular weight is 500 g/mol. The first-order valence-corrected chi connectivity index (χ1v) is 10.7. The van der Waals surface area contributed by atoms with Crippen LogP contribution in [-0.4, -0.2) is 59.2 Å². The van der Waals surface area contributed by atoms with Crippen molar-refractivity contribution in [2.24, 2.45) is 5.73 Å². The van der Waals surface area contributed by atoms with E-state index in [4.69, 9.17) is 35.6 Å². The number of hydrogen-bond donors (Lipinski definition) is 6. The van der Waals surface area contributed by atoms with Gasteiger partial charge in [-0.3, -0.25) is 15.0 Å². The number of rotatable bonds is 8. The number of nitrogens with one attached hydrogen (secondary N) is 3. The number of carbonyl (C=O) groups is 4. The molecule has 1 atom stereocenters. The van der Waals surface area contributed by atoms with Crippen molar-refractivity contribution in [1.82, 2.24) is 5.32 Å². The molecule has 2 aromatic rings. The Morgan fingerprint density at radius 2 is 1.83 bits per heavy atom. The largest absolute Gasteiger partial charge is 0.489 e. The number of ether oxygens (including phenoxy) is 3. The molecule has 1 amide bonds. The van der Waals surface area contributed by atoms with E-state index < -0.39 is 36.3 Å². The molecule has 0 aliphatic carbocycles. The lowest BCUT2D eigenvalue weighted by molar-refractivity contribution is -0.147. The zero-order valence-electron chi connectivity index (χ0n) is 18.9. The van der Waals surface area contributed by atoms with Crippen molar-refractivity contribution in [2.75, 3.05) is 18.5 Å². The monoisotopic (exact) mass is 500 g/mol. The van der Waals surface area contributed by atoms with E-state index in [-0.39, 0.29) is 54.8 Å². The molecule has 0 aromatic heterocycles. The van der Waals surface area contributed by atoms with Crippen molar-refractivity contribution in [2.45, 2.75) is 25.3 Å². The molecule has 13 heteroatoms. The summed E-state index contributed by atoms with van der Waals surface area (Å²) in [6.45, 7) is 0.130. The standard InChI is InChI=1S/C23H24N4O9/c24-23(25)26-13-5-6-14-17(10-13)34-8-9-35-20-12(2-1-3-16(20)36-22(14)33)4-7-18(28)27-15(21(31)32)11-19(29)30/h1-3,5-6,10,15H,4,7-9,11H2,(H,27,28)(H,29,30)(H,31,32)(H4,24,25,26). The minimum atomic E-state index is -1.56. The van der Waals surface area contributed by atoms with Crippen LogP contribution in [0.1, 0.15) is 28.8 Å². The predicted octanol–water partition coefficient (Wildman–Crippen LogP) is 0.959. The van der Waals surface area contributed by atoms with Gasteiger partial charge in [0.15, 0.2) is 17.5 Å². The van der Waals surface area contributed by atoms with Crippen LogP contribution >= 0.6 is 0 Å². The lowest BCUT2D eigenvalue weighted by Gasteiger charge is -2.20.